The van der Waals surface area contributed by atoms with Gasteiger partial charge in [-0.15, -0.1) is 0 Å². The van der Waals surface area contributed by atoms with E-state index in [1.54, 1.807) is 6.07 Å². The number of guanidine groups is 1. The second-order valence-electron chi connectivity index (χ2n) is 5.29. The van der Waals surface area contributed by atoms with Gasteiger partial charge in [0.1, 0.15) is 0 Å². The summed E-state index contributed by atoms with van der Waals surface area (Å²) in [7, 11) is 0. The number of nitrogens with one attached hydrogen (secondary N) is 1. The van der Waals surface area contributed by atoms with Gasteiger partial charge in [0.15, 0.2) is 5.96 Å². The van der Waals surface area contributed by atoms with Gasteiger partial charge in [0, 0.05) is 11.1 Å². The van der Waals surface area contributed by atoms with Crippen LogP contribution in [0.3, 0.4) is 0 Å². The molecule has 3 aromatic rings. The molecule has 3 N–H and O–H groups in total. The molecule has 0 aliphatic heterocycles. The minimum atomic E-state index is -4.56. The number of alkyl halides is 3. The minimum absolute atomic E-state index is 0.0540. The van der Waals surface area contributed by atoms with Crippen molar-refractivity contribution in [3.63, 3.8) is 0 Å². The van der Waals surface area contributed by atoms with Crippen LogP contribution in [0.4, 0.5) is 24.5 Å². The number of rotatable bonds is 2. The zero-order valence-corrected chi connectivity index (χ0v) is 13.6. The molecule has 0 saturated heterocycles. The van der Waals surface area contributed by atoms with Crippen LogP contribution in [0.25, 0.3) is 10.8 Å². The van der Waals surface area contributed by atoms with Crippen molar-refractivity contribution in [2.24, 2.45) is 10.7 Å². The number of nitrogens with zero attached hydrogens (tertiary/aromatic N) is 1. The highest BCUT2D eigenvalue weighted by Crippen LogP contribution is 2.39. The highest BCUT2D eigenvalue weighted by atomic mass is 35.5. The Balaban J connectivity index is 1.95. The normalized spacial score (nSPS) is 12.4. The molecule has 0 bridgehead atoms. The summed E-state index contributed by atoms with van der Waals surface area (Å²) in [6.45, 7) is 0. The third-order valence-corrected chi connectivity index (χ3v) is 3.97. The van der Waals surface area contributed by atoms with Crippen molar-refractivity contribution < 1.29 is 13.2 Å². The van der Waals surface area contributed by atoms with E-state index in [4.69, 9.17) is 17.3 Å². The first-order chi connectivity index (χ1) is 11.9. The Kier molecular flexibility index (Phi) is 4.55. The molecule has 0 radical (unpaired) electrons. The van der Waals surface area contributed by atoms with Crippen molar-refractivity contribution in [3.8, 4) is 0 Å². The van der Waals surface area contributed by atoms with Gasteiger partial charge in [-0.3, -0.25) is 0 Å². The van der Waals surface area contributed by atoms with Crippen LogP contribution in [0.2, 0.25) is 5.02 Å². The monoisotopic (exact) mass is 363 g/mol. The van der Waals surface area contributed by atoms with Gasteiger partial charge >= 0.3 is 6.18 Å². The predicted octanol–water partition coefficient (Wildman–Crippen LogP) is 5.57. The SMILES string of the molecule is NC(=Nc1cccc(C(F)(F)F)c1Cl)Nc1cccc2ccccc12. The van der Waals surface area contributed by atoms with E-state index < -0.39 is 16.8 Å². The molecule has 0 saturated carbocycles. The number of halogens is 4. The Morgan fingerprint density at radius 3 is 2.40 bits per heavy atom. The van der Waals surface area contributed by atoms with Crippen LogP contribution in [0, 0.1) is 0 Å². The van der Waals surface area contributed by atoms with E-state index in [0.717, 1.165) is 16.8 Å². The molecule has 3 nitrogen and oxygen atoms in total. The molecule has 128 valence electrons. The molecule has 3 rings (SSSR count). The van der Waals surface area contributed by atoms with Crippen LogP contribution in [-0.2, 0) is 6.18 Å². The lowest BCUT2D eigenvalue weighted by molar-refractivity contribution is -0.137. The van der Waals surface area contributed by atoms with Gasteiger partial charge in [0.05, 0.1) is 16.3 Å². The maximum absolute atomic E-state index is 12.9. The molecule has 0 aromatic heterocycles. The van der Waals surface area contributed by atoms with E-state index in [-0.39, 0.29) is 11.6 Å². The molecule has 0 spiro atoms. The number of anilines is 1. The number of fused-ring (bicyclic) bond motifs is 1. The summed E-state index contributed by atoms with van der Waals surface area (Å²) in [6.07, 6.45) is -4.56. The van der Waals surface area contributed by atoms with Crippen LogP contribution < -0.4 is 11.1 Å². The maximum Gasteiger partial charge on any atom is 0.417 e. The van der Waals surface area contributed by atoms with Crippen LogP contribution in [0.15, 0.2) is 65.7 Å². The van der Waals surface area contributed by atoms with E-state index in [1.165, 1.54) is 12.1 Å². The number of aliphatic imine (C=N–C) groups is 1. The molecule has 0 aliphatic carbocycles. The Bertz CT molecular complexity index is 946. The quantitative estimate of drug-likeness (QED) is 0.462. The summed E-state index contributed by atoms with van der Waals surface area (Å²) in [5.74, 6) is -0.0578. The fourth-order valence-electron chi connectivity index (χ4n) is 2.46. The first-order valence-corrected chi connectivity index (χ1v) is 7.69. The van der Waals surface area contributed by atoms with Crippen LogP contribution in [-0.4, -0.2) is 5.96 Å². The van der Waals surface area contributed by atoms with Crippen molar-refractivity contribution in [1.29, 1.82) is 0 Å². The summed E-state index contributed by atoms with van der Waals surface area (Å²) in [4.78, 5) is 3.99. The van der Waals surface area contributed by atoms with Gasteiger partial charge in [-0.05, 0) is 23.6 Å². The highest BCUT2D eigenvalue weighted by Gasteiger charge is 2.33. The molecular formula is C18H13ClF3N3. The lowest BCUT2D eigenvalue weighted by Crippen LogP contribution is -2.22. The third kappa shape index (κ3) is 3.69. The molecule has 0 amide bonds. The van der Waals surface area contributed by atoms with Gasteiger partial charge in [-0.2, -0.15) is 13.2 Å². The van der Waals surface area contributed by atoms with E-state index in [0.29, 0.717) is 5.69 Å². The maximum atomic E-state index is 12.9. The topological polar surface area (TPSA) is 50.4 Å². The number of benzene rings is 3. The van der Waals surface area contributed by atoms with Crippen molar-refractivity contribution in [1.82, 2.24) is 0 Å². The lowest BCUT2D eigenvalue weighted by atomic mass is 10.1. The first-order valence-electron chi connectivity index (χ1n) is 7.31. The third-order valence-electron chi connectivity index (χ3n) is 3.58. The number of nitrogens with two attached hydrogens (primary N) is 1. The summed E-state index contributed by atoms with van der Waals surface area (Å²) in [5, 5.41) is 4.33. The molecule has 25 heavy (non-hydrogen) atoms. The predicted molar refractivity (Wildman–Crippen MR) is 95.3 cm³/mol. The van der Waals surface area contributed by atoms with Crippen molar-refractivity contribution in [2.45, 2.75) is 6.18 Å². The first kappa shape index (κ1) is 17.1. The standard InChI is InChI=1S/C18H13ClF3N3/c19-16-13(18(20,21)22)8-4-10-15(16)25-17(23)24-14-9-3-6-11-5-1-2-7-12(11)14/h1-10H,(H3,23,24,25). The molecule has 0 unspecified atom stereocenters. The van der Waals surface area contributed by atoms with E-state index in [2.05, 4.69) is 10.3 Å². The van der Waals surface area contributed by atoms with Gasteiger partial charge in [-0.25, -0.2) is 4.99 Å². The largest absolute Gasteiger partial charge is 0.417 e. The molecule has 3 aromatic carbocycles. The van der Waals surface area contributed by atoms with Crippen LogP contribution in [0.1, 0.15) is 5.56 Å². The zero-order valence-electron chi connectivity index (χ0n) is 12.8. The Morgan fingerprint density at radius 1 is 0.960 bits per heavy atom. The molecule has 0 aliphatic rings. The number of hydrogen-bond donors (Lipinski definition) is 2. The summed E-state index contributed by atoms with van der Waals surface area (Å²) < 4.78 is 38.7. The second kappa shape index (κ2) is 6.64. The van der Waals surface area contributed by atoms with Crippen LogP contribution in [0.5, 0.6) is 0 Å². The molecule has 0 heterocycles. The van der Waals surface area contributed by atoms with Gasteiger partial charge in [-0.1, -0.05) is 54.1 Å². The summed E-state index contributed by atoms with van der Waals surface area (Å²) >= 11 is 5.83. The molecule has 0 atom stereocenters. The second-order valence-corrected chi connectivity index (χ2v) is 5.66. The fraction of sp³-hybridized carbons (Fsp3) is 0.0556. The van der Waals surface area contributed by atoms with E-state index in [1.807, 2.05) is 36.4 Å². The summed E-state index contributed by atoms with van der Waals surface area (Å²) in [5.41, 5.74) is 5.55. The lowest BCUT2D eigenvalue weighted by Gasteiger charge is -2.12. The minimum Gasteiger partial charge on any atom is -0.369 e. The molecular weight excluding hydrogens is 351 g/mol. The Morgan fingerprint density at radius 2 is 1.64 bits per heavy atom. The summed E-state index contributed by atoms with van der Waals surface area (Å²) in [6, 6.07) is 16.7. The average Bonchev–Trinajstić information content (AvgIpc) is 2.56. The van der Waals surface area contributed by atoms with Crippen molar-refractivity contribution in [2.75, 3.05) is 5.32 Å². The van der Waals surface area contributed by atoms with Gasteiger partial charge in [0.25, 0.3) is 0 Å². The van der Waals surface area contributed by atoms with E-state index in [9.17, 15) is 13.2 Å². The molecule has 0 fully saturated rings. The fourth-order valence-corrected chi connectivity index (χ4v) is 2.73. The smallest absolute Gasteiger partial charge is 0.369 e. The van der Waals surface area contributed by atoms with Crippen LogP contribution >= 0.6 is 11.6 Å². The number of hydrogen-bond acceptors (Lipinski definition) is 1. The van der Waals surface area contributed by atoms with Crippen molar-refractivity contribution in [3.05, 3.63) is 71.2 Å². The Hall–Kier alpha value is -2.73. The van der Waals surface area contributed by atoms with Crippen molar-refractivity contribution >= 4 is 39.7 Å². The average molecular weight is 364 g/mol. The zero-order chi connectivity index (χ0) is 18.0. The van der Waals surface area contributed by atoms with E-state index >= 15 is 0 Å². The highest BCUT2D eigenvalue weighted by molar-refractivity contribution is 6.34. The molecule has 7 heteroatoms. The van der Waals surface area contributed by atoms with Gasteiger partial charge in [0.2, 0.25) is 0 Å². The Labute approximate surface area is 146 Å². The van der Waals surface area contributed by atoms with Gasteiger partial charge < -0.3 is 11.1 Å².